The molecule has 0 radical (unpaired) electrons. The molecule has 2 atom stereocenters. The predicted molar refractivity (Wildman–Crippen MR) is 64.6 cm³/mol. The molecular weight excluding hydrogens is 259 g/mol. The summed E-state index contributed by atoms with van der Waals surface area (Å²) < 4.78 is 5.01. The maximum absolute atomic E-state index is 10.9. The predicted octanol–water partition coefficient (Wildman–Crippen LogP) is 0.951. The van der Waals surface area contributed by atoms with Gasteiger partial charge in [-0.05, 0) is 18.6 Å². The monoisotopic (exact) mass is 272 g/mol. The first-order valence-electron chi connectivity index (χ1n) is 5.16. The number of hydrogen-bond donors (Lipinski definition) is 3. The lowest BCUT2D eigenvalue weighted by Gasteiger charge is -2.16. The van der Waals surface area contributed by atoms with E-state index in [0.29, 0.717) is 5.30 Å². The van der Waals surface area contributed by atoms with Gasteiger partial charge in [0.05, 0.1) is 0 Å². The zero-order valence-corrected chi connectivity index (χ0v) is 10.3. The summed E-state index contributed by atoms with van der Waals surface area (Å²) >= 11 is 0. The third kappa shape index (κ3) is 4.79. The quantitative estimate of drug-likeness (QED) is 0.638. The molecule has 2 unspecified atom stereocenters. The van der Waals surface area contributed by atoms with E-state index in [4.69, 9.17) is 14.7 Å². The average molecular weight is 272 g/mol. The van der Waals surface area contributed by atoms with Crippen molar-refractivity contribution in [3.63, 3.8) is 0 Å². The maximum atomic E-state index is 10.9. The van der Waals surface area contributed by atoms with E-state index >= 15 is 0 Å². The normalized spacial score (nSPS) is 13.8. The summed E-state index contributed by atoms with van der Waals surface area (Å²) in [6.07, 6.45) is -1.83. The highest BCUT2D eigenvalue weighted by molar-refractivity contribution is 7.55. The second kappa shape index (κ2) is 7.06. The molecule has 1 aromatic carbocycles. The van der Waals surface area contributed by atoms with Gasteiger partial charge in [-0.15, -0.1) is 0 Å². The summed E-state index contributed by atoms with van der Waals surface area (Å²) in [7, 11) is -2.05. The van der Waals surface area contributed by atoms with E-state index in [1.54, 1.807) is 30.3 Å². The Balaban J connectivity index is 2.60. The van der Waals surface area contributed by atoms with Gasteiger partial charge >= 0.3 is 11.9 Å². The molecule has 1 aromatic rings. The Morgan fingerprint density at radius 2 is 1.83 bits per heavy atom. The topological polar surface area (TPSA) is 104 Å². The molecule has 98 valence electrons. The van der Waals surface area contributed by atoms with E-state index in [9.17, 15) is 14.5 Å². The Hall–Kier alpha value is -1.49. The second-order valence-corrected chi connectivity index (χ2v) is 4.75. The minimum absolute atomic E-state index is 0.184. The van der Waals surface area contributed by atoms with E-state index in [-0.39, 0.29) is 12.8 Å². The number of carbonyl (C=O) groups is 2. The van der Waals surface area contributed by atoms with Crippen LogP contribution in [-0.2, 0) is 14.1 Å². The molecule has 7 heteroatoms. The van der Waals surface area contributed by atoms with Crippen LogP contribution >= 0.6 is 8.38 Å². The van der Waals surface area contributed by atoms with Gasteiger partial charge in [0.25, 0.3) is 0 Å². The highest BCUT2D eigenvalue weighted by Crippen LogP contribution is 2.33. The zero-order chi connectivity index (χ0) is 13.5. The first kappa shape index (κ1) is 14.6. The van der Waals surface area contributed by atoms with Gasteiger partial charge in [0.1, 0.15) is 0 Å². The van der Waals surface area contributed by atoms with Crippen molar-refractivity contribution in [2.24, 2.45) is 0 Å². The van der Waals surface area contributed by atoms with Crippen LogP contribution in [0.3, 0.4) is 0 Å². The number of aliphatic carboxylic acids is 2. The fourth-order valence-corrected chi connectivity index (χ4v) is 2.20. The molecule has 1 rings (SSSR count). The van der Waals surface area contributed by atoms with Crippen LogP contribution in [0.1, 0.15) is 12.8 Å². The lowest BCUT2D eigenvalue weighted by Crippen LogP contribution is -2.24. The van der Waals surface area contributed by atoms with Crippen LogP contribution < -0.4 is 5.30 Å². The van der Waals surface area contributed by atoms with E-state index in [1.165, 1.54) is 0 Å². The Morgan fingerprint density at radius 3 is 2.33 bits per heavy atom. The lowest BCUT2D eigenvalue weighted by atomic mass is 10.2. The second-order valence-electron chi connectivity index (χ2n) is 3.47. The Morgan fingerprint density at radius 1 is 1.22 bits per heavy atom. The molecule has 0 saturated carbocycles. The minimum atomic E-state index is -2.05. The molecule has 0 aliphatic heterocycles. The fourth-order valence-electron chi connectivity index (χ4n) is 1.21. The number of carboxylic acids is 2. The first-order chi connectivity index (χ1) is 8.50. The molecular formula is C11H13O6P. The minimum Gasteiger partial charge on any atom is -0.481 e. The van der Waals surface area contributed by atoms with Crippen molar-refractivity contribution in [1.29, 1.82) is 0 Å². The van der Waals surface area contributed by atoms with Crippen molar-refractivity contribution < 1.29 is 29.2 Å². The number of hydrogen-bond acceptors (Lipinski definition) is 4. The van der Waals surface area contributed by atoms with Gasteiger partial charge in [-0.25, -0.2) is 4.79 Å². The summed E-state index contributed by atoms with van der Waals surface area (Å²) in [5.74, 6) is -2.39. The van der Waals surface area contributed by atoms with Crippen molar-refractivity contribution in [3.8, 4) is 0 Å². The number of rotatable bonds is 7. The first-order valence-corrected chi connectivity index (χ1v) is 6.37. The summed E-state index contributed by atoms with van der Waals surface area (Å²) in [5.41, 5.74) is 0. The Bertz CT molecular complexity index is 407. The summed E-state index contributed by atoms with van der Waals surface area (Å²) in [5, 5.41) is 17.8. The largest absolute Gasteiger partial charge is 0.481 e. The summed E-state index contributed by atoms with van der Waals surface area (Å²) in [6, 6.07) is 8.37. The third-order valence-corrected chi connectivity index (χ3v) is 3.29. The van der Waals surface area contributed by atoms with E-state index in [0.717, 1.165) is 0 Å². The van der Waals surface area contributed by atoms with E-state index in [2.05, 4.69) is 0 Å². The molecule has 0 heterocycles. The zero-order valence-electron chi connectivity index (χ0n) is 9.39. The average Bonchev–Trinajstić information content (AvgIpc) is 2.34. The Labute approximate surface area is 105 Å². The van der Waals surface area contributed by atoms with Crippen LogP contribution in [0.5, 0.6) is 0 Å². The summed E-state index contributed by atoms with van der Waals surface area (Å²) in [4.78, 5) is 31.0. The van der Waals surface area contributed by atoms with Crippen molar-refractivity contribution >= 4 is 25.6 Å². The van der Waals surface area contributed by atoms with Gasteiger partial charge in [0.2, 0.25) is 8.38 Å². The molecule has 0 fully saturated rings. The third-order valence-electron chi connectivity index (χ3n) is 2.10. The molecule has 0 aromatic heterocycles. The highest BCUT2D eigenvalue weighted by atomic mass is 31.2. The molecule has 0 bridgehead atoms. The summed E-state index contributed by atoms with van der Waals surface area (Å²) in [6.45, 7) is 0. The molecule has 0 aliphatic rings. The van der Waals surface area contributed by atoms with Gasteiger partial charge < -0.3 is 19.6 Å². The maximum Gasteiger partial charge on any atom is 0.333 e. The number of carboxylic acid groups (broad SMARTS) is 2. The van der Waals surface area contributed by atoms with Gasteiger partial charge in [0, 0.05) is 11.7 Å². The van der Waals surface area contributed by atoms with Crippen molar-refractivity contribution in [3.05, 3.63) is 30.3 Å². The van der Waals surface area contributed by atoms with Crippen molar-refractivity contribution in [1.82, 2.24) is 0 Å². The fraction of sp³-hybridized carbons (Fsp3) is 0.273. The molecule has 0 saturated heterocycles. The van der Waals surface area contributed by atoms with Gasteiger partial charge in [-0.1, -0.05) is 18.2 Å². The van der Waals surface area contributed by atoms with E-state index < -0.39 is 26.4 Å². The van der Waals surface area contributed by atoms with Crippen LogP contribution in [0.25, 0.3) is 0 Å². The molecule has 18 heavy (non-hydrogen) atoms. The smallest absolute Gasteiger partial charge is 0.333 e. The molecule has 6 nitrogen and oxygen atoms in total. The van der Waals surface area contributed by atoms with Crippen LogP contribution in [0, 0.1) is 0 Å². The molecule has 3 N–H and O–H groups in total. The van der Waals surface area contributed by atoms with Crippen LogP contribution in [0.4, 0.5) is 0 Å². The van der Waals surface area contributed by atoms with Crippen LogP contribution in [-0.4, -0.2) is 33.1 Å². The number of benzene rings is 1. The highest BCUT2D eigenvalue weighted by Gasteiger charge is 2.24. The van der Waals surface area contributed by atoms with Crippen LogP contribution in [0.2, 0.25) is 0 Å². The van der Waals surface area contributed by atoms with Crippen LogP contribution in [0.15, 0.2) is 30.3 Å². The molecule has 0 amide bonds. The molecule has 0 aliphatic carbocycles. The van der Waals surface area contributed by atoms with Crippen molar-refractivity contribution in [2.75, 3.05) is 0 Å². The van der Waals surface area contributed by atoms with Crippen molar-refractivity contribution in [2.45, 2.75) is 18.9 Å². The van der Waals surface area contributed by atoms with Gasteiger partial charge in [0.15, 0.2) is 6.10 Å². The van der Waals surface area contributed by atoms with Gasteiger partial charge in [-0.2, -0.15) is 0 Å². The standard InChI is InChI=1S/C11H13O6P/c12-10(13)7-6-9(11(14)15)17-18(16)8-4-2-1-3-5-8/h1-5,9,16H,6-7H2,(H,12,13)(H,14,15). The lowest BCUT2D eigenvalue weighted by molar-refractivity contribution is -0.146. The Kier molecular flexibility index (Phi) is 5.71. The van der Waals surface area contributed by atoms with E-state index in [1.807, 2.05) is 0 Å². The molecule has 0 spiro atoms. The SMILES string of the molecule is O=C(O)CCC(OP(O)c1ccccc1)C(=O)O. The van der Waals surface area contributed by atoms with Gasteiger partial charge in [-0.3, -0.25) is 4.79 Å².